The van der Waals surface area contributed by atoms with Gasteiger partial charge in [-0.2, -0.15) is 0 Å². The smallest absolute Gasteiger partial charge is 0.111 e. The van der Waals surface area contributed by atoms with Gasteiger partial charge in [-0.25, -0.2) is 0 Å². The highest BCUT2D eigenvalue weighted by atomic mass is 16.6. The number of rotatable bonds is 9. The molecule has 0 saturated carbocycles. The molecule has 0 aliphatic carbocycles. The molecule has 9 N–H and O–H groups in total. The second-order valence-electron chi connectivity index (χ2n) is 5.70. The van der Waals surface area contributed by atoms with Crippen LogP contribution in [-0.4, -0.2) is 127 Å². The Morgan fingerprint density at radius 1 is 0.792 bits per heavy atom. The van der Waals surface area contributed by atoms with Crippen molar-refractivity contribution in [1.29, 1.82) is 0 Å². The molecule has 9 atom stereocenters. The Morgan fingerprint density at radius 2 is 1.33 bits per heavy atom. The van der Waals surface area contributed by atoms with Crippen LogP contribution < -0.4 is 0 Å². The van der Waals surface area contributed by atoms with E-state index < -0.39 is 74.8 Å². The minimum absolute atomic E-state index is 0.343. The van der Waals surface area contributed by atoms with Gasteiger partial charge in [0.1, 0.15) is 54.9 Å². The average molecular weight is 358 g/mol. The Morgan fingerprint density at radius 3 is 1.88 bits per heavy atom. The molecule has 24 heavy (non-hydrogen) atoms. The Kier molecular flexibility index (Phi) is 8.90. The Hall–Kier alpha value is -0.440. The first kappa shape index (κ1) is 21.6. The highest BCUT2D eigenvalue weighted by Crippen LogP contribution is 2.21. The first-order chi connectivity index (χ1) is 11.2. The van der Waals surface area contributed by atoms with E-state index in [9.17, 15) is 35.7 Å². The van der Waals surface area contributed by atoms with Crippen LogP contribution in [-0.2, 0) is 9.47 Å². The summed E-state index contributed by atoms with van der Waals surface area (Å²) in [4.78, 5) is 0. The van der Waals surface area contributed by atoms with Crippen LogP contribution in [0.25, 0.3) is 0 Å². The van der Waals surface area contributed by atoms with Gasteiger partial charge in [-0.05, 0) is 0 Å². The predicted octanol–water partition coefficient (Wildman–Crippen LogP) is -5.72. The molecule has 1 aliphatic heterocycles. The van der Waals surface area contributed by atoms with Crippen LogP contribution in [0.2, 0.25) is 0 Å². The molecule has 0 aromatic carbocycles. The second-order valence-corrected chi connectivity index (χ2v) is 5.70. The number of aliphatic hydroxyl groups is 9. The lowest BCUT2D eigenvalue weighted by molar-refractivity contribution is -0.241. The molecule has 0 aromatic rings. The fraction of sp³-hybridized carbons (Fsp3) is 1.00. The van der Waals surface area contributed by atoms with Crippen LogP contribution in [0, 0.1) is 0 Å². The third-order valence-electron chi connectivity index (χ3n) is 3.89. The first-order valence-electron chi connectivity index (χ1n) is 7.45. The molecule has 1 heterocycles. The number of aliphatic hydroxyl groups excluding tert-OH is 9. The zero-order valence-electron chi connectivity index (χ0n) is 12.9. The third-order valence-corrected chi connectivity index (χ3v) is 3.89. The predicted molar refractivity (Wildman–Crippen MR) is 75.7 cm³/mol. The molecular weight excluding hydrogens is 332 g/mol. The van der Waals surface area contributed by atoms with E-state index in [4.69, 9.17) is 19.7 Å². The lowest BCUT2D eigenvalue weighted by Crippen LogP contribution is -2.59. The van der Waals surface area contributed by atoms with Crippen molar-refractivity contribution in [3.8, 4) is 0 Å². The summed E-state index contributed by atoms with van der Waals surface area (Å²) >= 11 is 0. The van der Waals surface area contributed by atoms with Crippen molar-refractivity contribution in [3.63, 3.8) is 0 Å². The van der Waals surface area contributed by atoms with Gasteiger partial charge < -0.3 is 55.4 Å². The van der Waals surface area contributed by atoms with Crippen molar-refractivity contribution >= 4 is 0 Å². The van der Waals surface area contributed by atoms with E-state index in [0.717, 1.165) is 0 Å². The van der Waals surface area contributed by atoms with Crippen LogP contribution >= 0.6 is 0 Å². The summed E-state index contributed by atoms with van der Waals surface area (Å²) in [5, 5.41) is 84.6. The van der Waals surface area contributed by atoms with Crippen molar-refractivity contribution in [1.82, 2.24) is 0 Å². The monoisotopic (exact) mass is 358 g/mol. The quantitative estimate of drug-likeness (QED) is 0.190. The maximum absolute atomic E-state index is 9.78. The normalized spacial score (nSPS) is 36.1. The Bertz CT molecular complexity index is 355. The summed E-state index contributed by atoms with van der Waals surface area (Å²) < 4.78 is 10.2. The van der Waals surface area contributed by atoms with Gasteiger partial charge in [-0.3, -0.25) is 0 Å². The minimum atomic E-state index is -1.79. The summed E-state index contributed by atoms with van der Waals surface area (Å²) in [7, 11) is 0. The highest BCUT2D eigenvalue weighted by Gasteiger charge is 2.43. The van der Waals surface area contributed by atoms with Gasteiger partial charge in [0.05, 0.1) is 26.4 Å². The van der Waals surface area contributed by atoms with Gasteiger partial charge in [-0.15, -0.1) is 0 Å². The van der Waals surface area contributed by atoms with E-state index in [1.165, 1.54) is 0 Å². The highest BCUT2D eigenvalue weighted by molar-refractivity contribution is 4.92. The zero-order valence-corrected chi connectivity index (χ0v) is 12.9. The molecular formula is C13H26O11. The van der Waals surface area contributed by atoms with Crippen molar-refractivity contribution in [2.45, 2.75) is 54.9 Å². The largest absolute Gasteiger partial charge is 0.394 e. The lowest BCUT2D eigenvalue weighted by atomic mass is 9.95. The summed E-state index contributed by atoms with van der Waals surface area (Å²) in [6, 6.07) is 0. The van der Waals surface area contributed by atoms with E-state index in [2.05, 4.69) is 0 Å². The van der Waals surface area contributed by atoms with E-state index in [0.29, 0.717) is 0 Å². The molecule has 11 nitrogen and oxygen atoms in total. The van der Waals surface area contributed by atoms with Crippen molar-refractivity contribution in [3.05, 3.63) is 0 Å². The van der Waals surface area contributed by atoms with E-state index in [1.807, 2.05) is 0 Å². The van der Waals surface area contributed by atoms with Gasteiger partial charge in [-0.1, -0.05) is 0 Å². The first-order valence-corrected chi connectivity index (χ1v) is 7.45. The Labute approximate surface area is 137 Å². The van der Waals surface area contributed by atoms with E-state index >= 15 is 0 Å². The van der Waals surface area contributed by atoms with Crippen LogP contribution in [0.3, 0.4) is 0 Å². The van der Waals surface area contributed by atoms with Crippen LogP contribution in [0.4, 0.5) is 0 Å². The molecule has 11 heteroatoms. The fourth-order valence-corrected chi connectivity index (χ4v) is 2.28. The standard InChI is InChI=1S/C13H26O11/c14-1-5(16)9(18)10(19)6(17)3-23-4-8-12(21)13(22)11(20)7(2-15)24-8/h5-22H,1-4H2/t5?,6?,7?,8-,9?,10?,11-,12?,13?/m1/s1. The summed E-state index contributed by atoms with van der Waals surface area (Å²) in [5.41, 5.74) is 0. The molecule has 1 fully saturated rings. The lowest BCUT2D eigenvalue weighted by Gasteiger charge is -2.40. The van der Waals surface area contributed by atoms with Crippen molar-refractivity contribution < 1.29 is 55.4 Å². The van der Waals surface area contributed by atoms with Gasteiger partial charge in [0.2, 0.25) is 0 Å². The maximum atomic E-state index is 9.78. The van der Waals surface area contributed by atoms with E-state index in [1.54, 1.807) is 0 Å². The van der Waals surface area contributed by atoms with Gasteiger partial charge in [0.25, 0.3) is 0 Å². The van der Waals surface area contributed by atoms with Crippen molar-refractivity contribution in [2.24, 2.45) is 0 Å². The minimum Gasteiger partial charge on any atom is -0.394 e. The fourth-order valence-electron chi connectivity index (χ4n) is 2.28. The molecule has 1 aliphatic rings. The number of hydrogen-bond acceptors (Lipinski definition) is 11. The molecule has 1 saturated heterocycles. The molecule has 0 aromatic heterocycles. The molecule has 7 unspecified atom stereocenters. The molecule has 0 amide bonds. The van der Waals surface area contributed by atoms with Gasteiger partial charge in [0.15, 0.2) is 0 Å². The average Bonchev–Trinajstić information content (AvgIpc) is 2.59. The summed E-state index contributed by atoms with van der Waals surface area (Å²) in [5.74, 6) is 0. The summed E-state index contributed by atoms with van der Waals surface area (Å²) in [6.45, 7) is -2.25. The number of ether oxygens (including phenoxy) is 2. The Balaban J connectivity index is 2.45. The molecule has 0 spiro atoms. The van der Waals surface area contributed by atoms with Crippen LogP contribution in [0.1, 0.15) is 0 Å². The summed E-state index contributed by atoms with van der Waals surface area (Å²) in [6.07, 6.45) is -13.6. The zero-order chi connectivity index (χ0) is 18.4. The topological polar surface area (TPSA) is 201 Å². The van der Waals surface area contributed by atoms with Crippen LogP contribution in [0.5, 0.6) is 0 Å². The maximum Gasteiger partial charge on any atom is 0.111 e. The van der Waals surface area contributed by atoms with E-state index in [-0.39, 0.29) is 6.61 Å². The van der Waals surface area contributed by atoms with Crippen LogP contribution in [0.15, 0.2) is 0 Å². The van der Waals surface area contributed by atoms with Gasteiger partial charge in [0, 0.05) is 0 Å². The molecule has 0 radical (unpaired) electrons. The SMILES string of the molecule is OCC(O)C(O)C(O)C(O)COC[C@H]1OC(CO)[C@@H](O)C(O)C1O. The number of hydrogen-bond donors (Lipinski definition) is 9. The van der Waals surface area contributed by atoms with Crippen molar-refractivity contribution in [2.75, 3.05) is 26.4 Å². The van der Waals surface area contributed by atoms with Gasteiger partial charge >= 0.3 is 0 Å². The molecule has 144 valence electrons. The third kappa shape index (κ3) is 5.28. The molecule has 0 bridgehead atoms. The molecule has 1 rings (SSSR count). The second kappa shape index (κ2) is 9.89.